The highest BCUT2D eigenvalue weighted by atomic mass is 32.2. The van der Waals surface area contributed by atoms with Gasteiger partial charge in [0.1, 0.15) is 0 Å². The van der Waals surface area contributed by atoms with Crippen molar-refractivity contribution in [2.24, 2.45) is 4.99 Å². The minimum Gasteiger partial charge on any atom is -0.494 e. The minimum absolute atomic E-state index is 0.0329. The molecule has 0 aliphatic rings. The van der Waals surface area contributed by atoms with E-state index in [1.54, 1.807) is 31.3 Å². The highest BCUT2D eigenvalue weighted by Crippen LogP contribution is 2.31. The highest BCUT2D eigenvalue weighted by Gasteiger charge is 2.21. The van der Waals surface area contributed by atoms with Crippen molar-refractivity contribution in [3.63, 3.8) is 0 Å². The van der Waals surface area contributed by atoms with Gasteiger partial charge in [-0.05, 0) is 44.4 Å². The summed E-state index contributed by atoms with van der Waals surface area (Å²) in [5, 5.41) is 11.6. The molecule has 0 radical (unpaired) electrons. The Morgan fingerprint density at radius 3 is 2.21 bits per heavy atom. The number of benzene rings is 3. The van der Waals surface area contributed by atoms with Crippen molar-refractivity contribution < 1.29 is 13.5 Å². The lowest BCUT2D eigenvalue weighted by Crippen LogP contribution is -2.33. The molecule has 34 heavy (non-hydrogen) atoms. The van der Waals surface area contributed by atoms with Crippen LogP contribution < -0.4 is 0 Å². The van der Waals surface area contributed by atoms with Crippen LogP contribution in [-0.2, 0) is 10.0 Å². The number of aromatic nitrogens is 1. The third-order valence-corrected chi connectivity index (χ3v) is 7.49. The predicted molar refractivity (Wildman–Crippen MR) is 137 cm³/mol. The Kier molecular flexibility index (Phi) is 6.83. The minimum atomic E-state index is -3.60. The van der Waals surface area contributed by atoms with Gasteiger partial charge in [-0.25, -0.2) is 13.4 Å². The molecule has 0 unspecified atom stereocenters. The van der Waals surface area contributed by atoms with Crippen molar-refractivity contribution in [3.8, 4) is 5.88 Å². The maximum atomic E-state index is 12.9. The summed E-state index contributed by atoms with van der Waals surface area (Å²) in [4.78, 5) is 9.99. The Bertz CT molecular complexity index is 1410. The van der Waals surface area contributed by atoms with E-state index in [0.29, 0.717) is 30.1 Å². The molecule has 4 aromatic rings. The lowest BCUT2D eigenvalue weighted by molar-refractivity contribution is 0.358. The van der Waals surface area contributed by atoms with Crippen LogP contribution in [0.1, 0.15) is 11.1 Å². The second-order valence-corrected chi connectivity index (χ2v) is 10.4. The fourth-order valence-electron chi connectivity index (χ4n) is 3.69. The molecular formula is C26H28N4O3S. The number of rotatable bonds is 8. The fourth-order valence-corrected chi connectivity index (χ4v) is 4.85. The van der Waals surface area contributed by atoms with E-state index in [1.807, 2.05) is 73.6 Å². The number of hydrogen-bond donors (Lipinski definition) is 2. The van der Waals surface area contributed by atoms with Crippen LogP contribution in [0.15, 0.2) is 88.8 Å². The van der Waals surface area contributed by atoms with Gasteiger partial charge < -0.3 is 15.0 Å². The number of aromatic hydroxyl groups is 1. The first-order valence-electron chi connectivity index (χ1n) is 10.9. The van der Waals surface area contributed by atoms with Crippen molar-refractivity contribution in [1.29, 1.82) is 0 Å². The summed E-state index contributed by atoms with van der Waals surface area (Å²) in [7, 11) is 1.80. The van der Waals surface area contributed by atoms with E-state index >= 15 is 0 Å². The number of H-pyrrole nitrogens is 1. The Hall–Kier alpha value is -3.46. The summed E-state index contributed by atoms with van der Waals surface area (Å²) in [6.07, 6.45) is 0. The van der Waals surface area contributed by atoms with Crippen LogP contribution in [0.3, 0.4) is 0 Å². The molecule has 0 fully saturated rings. The third-order valence-electron chi connectivity index (χ3n) is 5.62. The molecule has 0 aliphatic heterocycles. The fraction of sp³-hybridized carbons (Fsp3) is 0.192. The van der Waals surface area contributed by atoms with E-state index in [1.165, 1.54) is 4.31 Å². The molecular weight excluding hydrogens is 448 g/mol. The Balaban J connectivity index is 1.74. The Morgan fingerprint density at radius 1 is 0.882 bits per heavy atom. The summed E-state index contributed by atoms with van der Waals surface area (Å²) < 4.78 is 27.2. The van der Waals surface area contributed by atoms with Gasteiger partial charge in [-0.1, -0.05) is 48.5 Å². The number of likely N-dealkylation sites (N-methyl/N-ethyl adjacent to an activating group) is 2. The van der Waals surface area contributed by atoms with Crippen molar-refractivity contribution in [3.05, 3.63) is 90.0 Å². The summed E-state index contributed by atoms with van der Waals surface area (Å²) in [6.45, 7) is 1.03. The van der Waals surface area contributed by atoms with Crippen LogP contribution in [0.25, 0.3) is 10.9 Å². The van der Waals surface area contributed by atoms with E-state index in [9.17, 15) is 13.5 Å². The van der Waals surface area contributed by atoms with Crippen LogP contribution in [0.4, 0.5) is 5.69 Å². The predicted octanol–water partition coefficient (Wildman–Crippen LogP) is 4.22. The van der Waals surface area contributed by atoms with E-state index < -0.39 is 10.0 Å². The monoisotopic (exact) mass is 476 g/mol. The Morgan fingerprint density at radius 2 is 1.53 bits per heavy atom. The molecule has 0 saturated heterocycles. The molecule has 8 heteroatoms. The molecule has 0 aliphatic carbocycles. The van der Waals surface area contributed by atoms with E-state index in [0.717, 1.165) is 16.5 Å². The quantitative estimate of drug-likeness (QED) is 0.373. The molecule has 0 saturated carbocycles. The molecule has 3 aromatic carbocycles. The van der Waals surface area contributed by atoms with Gasteiger partial charge in [0.25, 0.3) is 0 Å². The molecule has 0 bridgehead atoms. The molecule has 0 amide bonds. The lowest BCUT2D eigenvalue weighted by atomic mass is 10.0. The molecule has 1 heterocycles. The number of hydrogen-bond acceptors (Lipinski definition) is 5. The average Bonchev–Trinajstić information content (AvgIpc) is 3.17. The summed E-state index contributed by atoms with van der Waals surface area (Å²) in [5.74, 6) is 0.0329. The molecule has 0 spiro atoms. The van der Waals surface area contributed by atoms with Crippen LogP contribution in [0, 0.1) is 0 Å². The number of aliphatic imine (C=N–C) groups is 1. The van der Waals surface area contributed by atoms with Gasteiger partial charge in [0.15, 0.2) is 5.88 Å². The first kappa shape index (κ1) is 23.7. The van der Waals surface area contributed by atoms with E-state index in [2.05, 4.69) is 4.98 Å². The zero-order chi connectivity index (χ0) is 24.3. The third kappa shape index (κ3) is 4.89. The zero-order valence-corrected chi connectivity index (χ0v) is 20.2. The van der Waals surface area contributed by atoms with Gasteiger partial charge in [-0.15, -0.1) is 0 Å². The van der Waals surface area contributed by atoms with E-state index in [4.69, 9.17) is 4.99 Å². The van der Waals surface area contributed by atoms with Crippen molar-refractivity contribution in [2.45, 2.75) is 4.90 Å². The van der Waals surface area contributed by atoms with Gasteiger partial charge >= 0.3 is 0 Å². The normalized spacial score (nSPS) is 12.7. The first-order chi connectivity index (χ1) is 16.3. The Labute approximate surface area is 200 Å². The number of nitrogens with zero attached hydrogens (tertiary/aromatic N) is 3. The number of nitrogens with one attached hydrogen (secondary N) is 1. The van der Waals surface area contributed by atoms with Crippen LogP contribution in [-0.4, -0.2) is 67.7 Å². The molecule has 1 aromatic heterocycles. The molecule has 176 valence electrons. The smallest absolute Gasteiger partial charge is 0.242 e. The zero-order valence-electron chi connectivity index (χ0n) is 19.4. The maximum Gasteiger partial charge on any atom is 0.242 e. The van der Waals surface area contributed by atoms with E-state index in [-0.39, 0.29) is 10.8 Å². The summed E-state index contributed by atoms with van der Waals surface area (Å²) >= 11 is 0. The molecule has 0 atom stereocenters. The largest absolute Gasteiger partial charge is 0.494 e. The van der Waals surface area contributed by atoms with Crippen molar-refractivity contribution in [1.82, 2.24) is 14.2 Å². The van der Waals surface area contributed by atoms with Crippen molar-refractivity contribution in [2.75, 3.05) is 34.2 Å². The van der Waals surface area contributed by atoms with Gasteiger partial charge in [-0.3, -0.25) is 0 Å². The lowest BCUT2D eigenvalue weighted by Gasteiger charge is -2.19. The van der Waals surface area contributed by atoms with Crippen LogP contribution in [0.2, 0.25) is 0 Å². The first-order valence-corrected chi connectivity index (χ1v) is 12.4. The highest BCUT2D eigenvalue weighted by molar-refractivity contribution is 7.89. The van der Waals surface area contributed by atoms with Gasteiger partial charge in [0.05, 0.1) is 21.9 Å². The molecule has 4 rings (SSSR count). The molecule has 2 N–H and O–H groups in total. The van der Waals surface area contributed by atoms with Crippen LogP contribution >= 0.6 is 0 Å². The number of para-hydroxylation sites is 1. The molecule has 7 nitrogen and oxygen atoms in total. The summed E-state index contributed by atoms with van der Waals surface area (Å²) in [6, 6.07) is 23.7. The van der Waals surface area contributed by atoms with Crippen molar-refractivity contribution >= 4 is 32.3 Å². The second-order valence-electron chi connectivity index (χ2n) is 8.34. The standard InChI is InChI=1S/C26H28N4O3S/c1-29(2)17-18-30(3)34(32,33)21-15-13-20(14-16-21)27-25(19-9-5-4-6-10-19)24-22-11-7-8-12-23(22)28-26(24)31/h4-16,28,31H,17-18H2,1-3H3. The number of aromatic amines is 1. The average molecular weight is 477 g/mol. The number of sulfonamides is 1. The van der Waals surface area contributed by atoms with Gasteiger partial charge in [-0.2, -0.15) is 4.31 Å². The second kappa shape index (κ2) is 9.80. The SMILES string of the molecule is CN(C)CCN(C)S(=O)(=O)c1ccc(N=C(c2ccccc2)c2c(O)[nH]c3ccccc23)cc1. The number of fused-ring (bicyclic) bond motifs is 1. The van der Waals surface area contributed by atoms with Gasteiger partial charge in [0, 0.05) is 36.6 Å². The topological polar surface area (TPSA) is 89.0 Å². The van der Waals surface area contributed by atoms with Gasteiger partial charge in [0.2, 0.25) is 10.0 Å². The van der Waals surface area contributed by atoms with Crippen LogP contribution in [0.5, 0.6) is 5.88 Å². The maximum absolute atomic E-state index is 12.9. The summed E-state index contributed by atoms with van der Waals surface area (Å²) in [5.41, 5.74) is 3.41.